The molecule has 0 aliphatic heterocycles. The summed E-state index contributed by atoms with van der Waals surface area (Å²) in [4.78, 5) is 17.2. The number of carbonyl (C=O) groups excluding carboxylic acids is 1. The number of thiazole rings is 1. The highest BCUT2D eigenvalue weighted by molar-refractivity contribution is 7.18. The summed E-state index contributed by atoms with van der Waals surface area (Å²) in [5, 5.41) is 1.01. The van der Waals surface area contributed by atoms with Crippen molar-refractivity contribution in [2.75, 3.05) is 0 Å². The van der Waals surface area contributed by atoms with Crippen molar-refractivity contribution in [3.63, 3.8) is 0 Å². The molecule has 3 nitrogen and oxygen atoms in total. The maximum absolute atomic E-state index is 11.5. The van der Waals surface area contributed by atoms with E-state index in [9.17, 15) is 4.79 Å². The Hall–Kier alpha value is -2.72. The lowest BCUT2D eigenvalue weighted by atomic mass is 10.0. The zero-order valence-corrected chi connectivity index (χ0v) is 17.7. The summed E-state index contributed by atoms with van der Waals surface area (Å²) in [6.07, 6.45) is 9.94. The van der Waals surface area contributed by atoms with Crippen molar-refractivity contribution >= 4 is 17.3 Å². The van der Waals surface area contributed by atoms with E-state index in [0.29, 0.717) is 5.75 Å². The third-order valence-electron chi connectivity index (χ3n) is 4.71. The van der Waals surface area contributed by atoms with Gasteiger partial charge in [-0.05, 0) is 48.2 Å². The van der Waals surface area contributed by atoms with Crippen LogP contribution in [-0.4, -0.2) is 11.0 Å². The number of nitrogens with zero attached hydrogens (tertiary/aromatic N) is 1. The smallest absolute Gasteiger partial charge is 0.315 e. The fraction of sp³-hybridized carbons (Fsp3) is 0.280. The lowest BCUT2D eigenvalue weighted by Gasteiger charge is -2.03. The molecule has 0 aliphatic carbocycles. The molecule has 0 fully saturated rings. The maximum atomic E-state index is 11.5. The lowest BCUT2D eigenvalue weighted by molar-refractivity contribution is -0.133. The molecule has 1 aromatic heterocycles. The number of rotatable bonds is 10. The minimum Gasteiger partial charge on any atom is -0.426 e. The second-order valence-electron chi connectivity index (χ2n) is 7.03. The second-order valence-corrected chi connectivity index (χ2v) is 8.06. The van der Waals surface area contributed by atoms with Crippen LogP contribution in [0.15, 0.2) is 67.4 Å². The Morgan fingerprint density at radius 3 is 2.45 bits per heavy atom. The first kappa shape index (κ1) is 21.0. The molecule has 0 aliphatic rings. The molecular formula is C25H27NO2S. The van der Waals surface area contributed by atoms with Crippen LogP contribution in [-0.2, 0) is 11.2 Å². The van der Waals surface area contributed by atoms with Crippen LogP contribution in [0.4, 0.5) is 0 Å². The number of hydrogen-bond acceptors (Lipinski definition) is 4. The maximum Gasteiger partial charge on any atom is 0.315 e. The van der Waals surface area contributed by atoms with Crippen LogP contribution in [0.3, 0.4) is 0 Å². The molecule has 1 heterocycles. The average molecular weight is 406 g/mol. The highest BCUT2D eigenvalue weighted by Crippen LogP contribution is 2.33. The number of hydrogen-bond donors (Lipinski definition) is 0. The van der Waals surface area contributed by atoms with Crippen LogP contribution >= 0.6 is 11.3 Å². The first-order valence-corrected chi connectivity index (χ1v) is 11.0. The fourth-order valence-corrected chi connectivity index (χ4v) is 4.02. The standard InChI is InChI=1S/C25H27NO2S/c1-3-5-6-7-9-19-10-12-21(13-11-19)25-26-18-23(29-25)20-14-16-22(17-15-20)28-24(27)8-4-2/h4,10-18H,2-3,5-9H2,1H3. The molecule has 0 unspecified atom stereocenters. The van der Waals surface area contributed by atoms with Crippen molar-refractivity contribution in [3.8, 4) is 26.8 Å². The molecule has 3 aromatic rings. The minimum atomic E-state index is -0.304. The van der Waals surface area contributed by atoms with Crippen molar-refractivity contribution < 1.29 is 9.53 Å². The summed E-state index contributed by atoms with van der Waals surface area (Å²) in [6.45, 7) is 5.78. The van der Waals surface area contributed by atoms with Crippen molar-refractivity contribution in [1.29, 1.82) is 0 Å². The van der Waals surface area contributed by atoms with Crippen LogP contribution in [0, 0.1) is 0 Å². The molecular weight excluding hydrogens is 378 g/mol. The van der Waals surface area contributed by atoms with Crippen molar-refractivity contribution in [1.82, 2.24) is 4.98 Å². The number of carbonyl (C=O) groups is 1. The van der Waals surface area contributed by atoms with Crippen LogP contribution in [0.2, 0.25) is 0 Å². The normalized spacial score (nSPS) is 10.7. The SMILES string of the molecule is C=CCC(=O)Oc1ccc(-c2cnc(-c3ccc(CCCCCC)cc3)s2)cc1. The van der Waals surface area contributed by atoms with E-state index in [1.54, 1.807) is 11.3 Å². The van der Waals surface area contributed by atoms with Gasteiger partial charge in [-0.3, -0.25) is 4.79 Å². The van der Waals surface area contributed by atoms with E-state index in [4.69, 9.17) is 4.74 Å². The van der Waals surface area contributed by atoms with Gasteiger partial charge in [-0.15, -0.1) is 17.9 Å². The predicted molar refractivity (Wildman–Crippen MR) is 121 cm³/mol. The highest BCUT2D eigenvalue weighted by Gasteiger charge is 2.08. The Balaban J connectivity index is 1.63. The van der Waals surface area contributed by atoms with Gasteiger partial charge < -0.3 is 4.74 Å². The molecule has 0 saturated heterocycles. The lowest BCUT2D eigenvalue weighted by Crippen LogP contribution is -2.05. The molecule has 0 N–H and O–H groups in total. The average Bonchev–Trinajstić information content (AvgIpc) is 3.23. The van der Waals surface area contributed by atoms with Crippen LogP contribution in [0.5, 0.6) is 5.75 Å². The largest absolute Gasteiger partial charge is 0.426 e. The number of benzene rings is 2. The molecule has 0 atom stereocenters. The van der Waals surface area contributed by atoms with Gasteiger partial charge in [0.15, 0.2) is 0 Å². The van der Waals surface area contributed by atoms with E-state index in [2.05, 4.69) is 42.8 Å². The summed E-state index contributed by atoms with van der Waals surface area (Å²) in [5.74, 6) is 0.238. The number of ether oxygens (including phenoxy) is 1. The van der Waals surface area contributed by atoms with E-state index in [1.165, 1.54) is 37.3 Å². The molecule has 0 spiro atoms. The van der Waals surface area contributed by atoms with Crippen molar-refractivity contribution in [2.24, 2.45) is 0 Å². The molecule has 29 heavy (non-hydrogen) atoms. The fourth-order valence-electron chi connectivity index (χ4n) is 3.09. The van der Waals surface area contributed by atoms with Gasteiger partial charge in [0.25, 0.3) is 0 Å². The number of unbranched alkanes of at least 4 members (excludes halogenated alkanes) is 3. The number of aryl methyl sites for hydroxylation is 1. The van der Waals surface area contributed by atoms with Gasteiger partial charge in [-0.1, -0.05) is 56.5 Å². The van der Waals surface area contributed by atoms with E-state index in [-0.39, 0.29) is 12.4 Å². The quantitative estimate of drug-likeness (QED) is 0.156. The Labute approximate surface area is 177 Å². The monoisotopic (exact) mass is 405 g/mol. The Morgan fingerprint density at radius 1 is 1.03 bits per heavy atom. The van der Waals surface area contributed by atoms with Crippen LogP contribution in [0.25, 0.3) is 21.0 Å². The van der Waals surface area contributed by atoms with E-state index < -0.39 is 0 Å². The third kappa shape index (κ3) is 6.13. The topological polar surface area (TPSA) is 39.2 Å². The van der Waals surface area contributed by atoms with Gasteiger partial charge in [-0.25, -0.2) is 4.98 Å². The first-order valence-electron chi connectivity index (χ1n) is 10.2. The zero-order valence-electron chi connectivity index (χ0n) is 16.9. The Bertz CT molecular complexity index is 926. The molecule has 0 saturated carbocycles. The van der Waals surface area contributed by atoms with Gasteiger partial charge in [0, 0.05) is 11.8 Å². The summed E-state index contributed by atoms with van der Waals surface area (Å²) in [7, 11) is 0. The molecule has 3 rings (SSSR count). The molecule has 150 valence electrons. The third-order valence-corrected chi connectivity index (χ3v) is 5.80. The molecule has 0 radical (unpaired) electrons. The van der Waals surface area contributed by atoms with Gasteiger partial charge in [0.05, 0.1) is 11.3 Å². The van der Waals surface area contributed by atoms with Gasteiger partial charge in [-0.2, -0.15) is 0 Å². The molecule has 0 bridgehead atoms. The summed E-state index contributed by atoms with van der Waals surface area (Å²) < 4.78 is 5.25. The van der Waals surface area contributed by atoms with Crippen LogP contribution < -0.4 is 4.74 Å². The summed E-state index contributed by atoms with van der Waals surface area (Å²) in [6, 6.07) is 16.3. The van der Waals surface area contributed by atoms with E-state index >= 15 is 0 Å². The minimum absolute atomic E-state index is 0.206. The zero-order chi connectivity index (χ0) is 20.5. The summed E-state index contributed by atoms with van der Waals surface area (Å²) >= 11 is 1.67. The summed E-state index contributed by atoms with van der Waals surface area (Å²) in [5.41, 5.74) is 3.60. The van der Waals surface area contributed by atoms with E-state index in [1.807, 2.05) is 30.5 Å². The number of esters is 1. The molecule has 0 amide bonds. The van der Waals surface area contributed by atoms with Gasteiger partial charge in [0.1, 0.15) is 10.8 Å². The van der Waals surface area contributed by atoms with Gasteiger partial charge in [0.2, 0.25) is 0 Å². The first-order chi connectivity index (χ1) is 14.2. The second kappa shape index (κ2) is 10.7. The Morgan fingerprint density at radius 2 is 1.76 bits per heavy atom. The predicted octanol–water partition coefficient (Wildman–Crippen LogP) is 7.08. The van der Waals surface area contributed by atoms with Gasteiger partial charge >= 0.3 is 5.97 Å². The molecule has 4 heteroatoms. The van der Waals surface area contributed by atoms with Crippen LogP contribution in [0.1, 0.15) is 44.6 Å². The molecule has 2 aromatic carbocycles. The highest BCUT2D eigenvalue weighted by atomic mass is 32.1. The van der Waals surface area contributed by atoms with Crippen molar-refractivity contribution in [2.45, 2.75) is 45.4 Å². The van der Waals surface area contributed by atoms with E-state index in [0.717, 1.165) is 27.4 Å². The number of aromatic nitrogens is 1. The van der Waals surface area contributed by atoms with Crippen molar-refractivity contribution in [3.05, 3.63) is 72.9 Å². The Kier molecular flexibility index (Phi) is 7.77.